The molecule has 116 valence electrons. The van der Waals surface area contributed by atoms with Crippen molar-refractivity contribution in [2.24, 2.45) is 0 Å². The van der Waals surface area contributed by atoms with Gasteiger partial charge in [0.05, 0.1) is 6.54 Å². The first-order valence-electron chi connectivity index (χ1n) is 7.82. The third-order valence-electron chi connectivity index (χ3n) is 4.40. The molecule has 0 bridgehead atoms. The van der Waals surface area contributed by atoms with Gasteiger partial charge in [0.2, 0.25) is 0 Å². The highest BCUT2D eigenvalue weighted by atomic mass is 16.1. The zero-order valence-corrected chi connectivity index (χ0v) is 13.3. The number of hydrogen-bond acceptors (Lipinski definition) is 3. The van der Waals surface area contributed by atoms with Crippen molar-refractivity contribution in [1.29, 1.82) is 0 Å². The lowest BCUT2D eigenvalue weighted by Crippen LogP contribution is -2.46. The van der Waals surface area contributed by atoms with E-state index in [-0.39, 0.29) is 5.78 Å². The highest BCUT2D eigenvalue weighted by Crippen LogP contribution is 2.26. The summed E-state index contributed by atoms with van der Waals surface area (Å²) in [4.78, 5) is 20.6. The first-order valence-corrected chi connectivity index (χ1v) is 7.82. The molecule has 1 saturated heterocycles. The van der Waals surface area contributed by atoms with Gasteiger partial charge in [0.15, 0.2) is 5.78 Å². The van der Waals surface area contributed by atoms with Crippen LogP contribution in [0.1, 0.15) is 16.1 Å². The number of likely N-dealkylation sites (N-methyl/N-ethyl adjacent to an activating group) is 1. The number of H-pyrrole nitrogens is 1. The van der Waals surface area contributed by atoms with Gasteiger partial charge in [-0.25, -0.2) is 0 Å². The lowest BCUT2D eigenvalue weighted by molar-refractivity contribution is 0.0876. The Balaban J connectivity index is 1.79. The molecule has 2 heterocycles. The number of nitrogens with one attached hydrogen (secondary N) is 1. The van der Waals surface area contributed by atoms with Crippen LogP contribution in [0.3, 0.4) is 0 Å². The molecular formula is C18H23N3O. The van der Waals surface area contributed by atoms with E-state index in [1.807, 2.05) is 31.3 Å². The van der Waals surface area contributed by atoms with E-state index in [9.17, 15) is 4.79 Å². The number of ketones is 1. The van der Waals surface area contributed by atoms with Gasteiger partial charge in [-0.3, -0.25) is 9.69 Å². The van der Waals surface area contributed by atoms with Gasteiger partial charge in [-0.05, 0) is 19.5 Å². The molecule has 22 heavy (non-hydrogen) atoms. The smallest absolute Gasteiger partial charge is 0.179 e. The fraction of sp³-hybridized carbons (Fsp3) is 0.389. The first-order chi connectivity index (χ1) is 10.6. The minimum absolute atomic E-state index is 0.210. The van der Waals surface area contributed by atoms with Gasteiger partial charge >= 0.3 is 0 Å². The van der Waals surface area contributed by atoms with Gasteiger partial charge in [-0.1, -0.05) is 30.3 Å². The van der Waals surface area contributed by atoms with Gasteiger partial charge < -0.3 is 9.88 Å². The minimum Gasteiger partial charge on any atom is -0.364 e. The summed E-state index contributed by atoms with van der Waals surface area (Å²) in [6.07, 6.45) is 1.95. The second-order valence-corrected chi connectivity index (χ2v) is 6.07. The van der Waals surface area contributed by atoms with Crippen molar-refractivity contribution in [2.45, 2.75) is 6.92 Å². The number of piperazine rings is 1. The SMILES string of the molecule is Cc1[nH]cc(-c2ccccc2)c1C(=O)CN1CCN(C)CC1. The molecule has 3 rings (SSSR count). The number of carbonyl (C=O) groups is 1. The Kier molecular flexibility index (Phi) is 4.41. The number of aromatic nitrogens is 1. The van der Waals surface area contributed by atoms with Crippen LogP contribution in [0, 0.1) is 6.92 Å². The predicted molar refractivity (Wildman–Crippen MR) is 89.2 cm³/mol. The number of aryl methyl sites for hydroxylation is 1. The molecule has 1 aromatic heterocycles. The van der Waals surface area contributed by atoms with Crippen LogP contribution in [0.25, 0.3) is 11.1 Å². The molecule has 4 heteroatoms. The average molecular weight is 297 g/mol. The molecule has 0 amide bonds. The third kappa shape index (κ3) is 3.13. The standard InChI is InChI=1S/C18H23N3O/c1-14-18(16(12-19-14)15-6-4-3-5-7-15)17(22)13-21-10-8-20(2)9-11-21/h3-7,12,19H,8-11,13H2,1-2H3. The van der Waals surface area contributed by atoms with E-state index in [0.29, 0.717) is 6.54 Å². The summed E-state index contributed by atoms with van der Waals surface area (Å²) in [6.45, 7) is 6.48. The Bertz CT molecular complexity index is 640. The van der Waals surface area contributed by atoms with Crippen molar-refractivity contribution in [3.63, 3.8) is 0 Å². The van der Waals surface area contributed by atoms with Gasteiger partial charge in [0.1, 0.15) is 0 Å². The van der Waals surface area contributed by atoms with Gasteiger partial charge in [-0.2, -0.15) is 0 Å². The van der Waals surface area contributed by atoms with E-state index in [0.717, 1.165) is 48.6 Å². The summed E-state index contributed by atoms with van der Waals surface area (Å²) in [5.74, 6) is 0.210. The second kappa shape index (κ2) is 6.46. The Labute approximate surface area is 131 Å². The molecule has 1 aromatic carbocycles. The monoisotopic (exact) mass is 297 g/mol. The van der Waals surface area contributed by atoms with E-state index in [1.165, 1.54) is 0 Å². The van der Waals surface area contributed by atoms with Gasteiger partial charge in [0, 0.05) is 49.2 Å². The summed E-state index contributed by atoms with van der Waals surface area (Å²) in [5, 5.41) is 0. The summed E-state index contributed by atoms with van der Waals surface area (Å²) < 4.78 is 0. The van der Waals surface area contributed by atoms with E-state index in [4.69, 9.17) is 0 Å². The molecule has 0 spiro atoms. The maximum atomic E-state index is 12.8. The van der Waals surface area contributed by atoms with Crippen LogP contribution in [0.15, 0.2) is 36.5 Å². The topological polar surface area (TPSA) is 39.3 Å². The molecule has 0 unspecified atom stereocenters. The zero-order valence-electron chi connectivity index (χ0n) is 13.3. The van der Waals surface area contributed by atoms with Crippen LogP contribution >= 0.6 is 0 Å². The summed E-state index contributed by atoms with van der Waals surface area (Å²) in [5.41, 5.74) is 3.90. The summed E-state index contributed by atoms with van der Waals surface area (Å²) >= 11 is 0. The Morgan fingerprint density at radius 3 is 2.50 bits per heavy atom. The number of nitrogens with zero attached hydrogens (tertiary/aromatic N) is 2. The van der Waals surface area contributed by atoms with Crippen molar-refractivity contribution in [1.82, 2.24) is 14.8 Å². The molecule has 4 nitrogen and oxygen atoms in total. The third-order valence-corrected chi connectivity index (χ3v) is 4.40. The quantitative estimate of drug-likeness (QED) is 0.881. The van der Waals surface area contributed by atoms with E-state index < -0.39 is 0 Å². The number of benzene rings is 1. The largest absolute Gasteiger partial charge is 0.364 e. The van der Waals surface area contributed by atoms with E-state index in [2.05, 4.69) is 34.0 Å². The highest BCUT2D eigenvalue weighted by molar-refractivity contribution is 6.04. The molecule has 0 aliphatic carbocycles. The molecule has 1 aliphatic heterocycles. The molecular weight excluding hydrogens is 274 g/mol. The Hall–Kier alpha value is -1.91. The number of Topliss-reactive ketones (excluding diaryl/α,β-unsaturated/α-hetero) is 1. The fourth-order valence-corrected chi connectivity index (χ4v) is 3.02. The molecule has 2 aromatic rings. The van der Waals surface area contributed by atoms with Crippen LogP contribution < -0.4 is 0 Å². The predicted octanol–water partition coefficient (Wildman–Crippen LogP) is 2.42. The van der Waals surface area contributed by atoms with Crippen molar-refractivity contribution >= 4 is 5.78 Å². The molecule has 1 aliphatic rings. The summed E-state index contributed by atoms with van der Waals surface area (Å²) in [6, 6.07) is 10.1. The zero-order chi connectivity index (χ0) is 15.5. The summed E-state index contributed by atoms with van der Waals surface area (Å²) in [7, 11) is 2.13. The Morgan fingerprint density at radius 2 is 1.82 bits per heavy atom. The van der Waals surface area contributed by atoms with Crippen molar-refractivity contribution in [3.05, 3.63) is 47.8 Å². The minimum atomic E-state index is 0.210. The number of aromatic amines is 1. The van der Waals surface area contributed by atoms with Crippen LogP contribution in [0.2, 0.25) is 0 Å². The number of hydrogen-bond donors (Lipinski definition) is 1. The molecule has 0 atom stereocenters. The fourth-order valence-electron chi connectivity index (χ4n) is 3.02. The van der Waals surface area contributed by atoms with Crippen LogP contribution in [-0.2, 0) is 0 Å². The first kappa shape index (κ1) is 15.0. The molecule has 0 radical (unpaired) electrons. The van der Waals surface area contributed by atoms with E-state index in [1.54, 1.807) is 0 Å². The van der Waals surface area contributed by atoms with Crippen LogP contribution in [0.4, 0.5) is 0 Å². The Morgan fingerprint density at radius 1 is 1.14 bits per heavy atom. The molecule has 1 fully saturated rings. The number of carbonyl (C=O) groups excluding carboxylic acids is 1. The maximum Gasteiger partial charge on any atom is 0.179 e. The molecule has 0 saturated carbocycles. The maximum absolute atomic E-state index is 12.8. The van der Waals surface area contributed by atoms with Crippen molar-refractivity contribution in [2.75, 3.05) is 39.8 Å². The van der Waals surface area contributed by atoms with Gasteiger partial charge in [0.25, 0.3) is 0 Å². The van der Waals surface area contributed by atoms with Crippen LogP contribution in [-0.4, -0.2) is 60.3 Å². The van der Waals surface area contributed by atoms with E-state index >= 15 is 0 Å². The lowest BCUT2D eigenvalue weighted by atomic mass is 9.99. The normalized spacial score (nSPS) is 16.8. The highest BCUT2D eigenvalue weighted by Gasteiger charge is 2.22. The molecule has 1 N–H and O–H groups in total. The average Bonchev–Trinajstić information content (AvgIpc) is 2.92. The number of rotatable bonds is 4. The van der Waals surface area contributed by atoms with Crippen molar-refractivity contribution in [3.8, 4) is 11.1 Å². The van der Waals surface area contributed by atoms with Gasteiger partial charge in [-0.15, -0.1) is 0 Å². The second-order valence-electron chi connectivity index (χ2n) is 6.07. The van der Waals surface area contributed by atoms with Crippen LogP contribution in [0.5, 0.6) is 0 Å². The lowest BCUT2D eigenvalue weighted by Gasteiger charge is -2.31. The van der Waals surface area contributed by atoms with Crippen molar-refractivity contribution < 1.29 is 4.79 Å².